The number of nitrogens with one attached hydrogen (secondary N) is 3. The summed E-state index contributed by atoms with van der Waals surface area (Å²) in [7, 11) is 0. The molecule has 0 atom stereocenters. The SMILES string of the molecule is O=C(Nc1cn(C(F)F)nc1C(F)(F)F)C1=C2N=C(N3CCNCC3)C=CN2NC1. The van der Waals surface area contributed by atoms with Gasteiger partial charge in [0.15, 0.2) is 11.5 Å². The van der Waals surface area contributed by atoms with E-state index in [9.17, 15) is 26.7 Å². The molecule has 0 saturated carbocycles. The average molecular weight is 432 g/mol. The summed E-state index contributed by atoms with van der Waals surface area (Å²) in [4.78, 5) is 19.1. The first-order valence-electron chi connectivity index (χ1n) is 8.98. The standard InChI is InChI=1S/C16H17F5N8O/c17-15(18)29-8-10(12(26-29)16(19,20)21)24-14(30)9-7-23-28-4-1-11(25-13(9)28)27-5-2-22-3-6-27/h1,4,8,15,22-23H,2-3,5-7H2,(H,24,30). The Morgan fingerprint density at radius 2 is 1.97 bits per heavy atom. The Hall–Kier alpha value is -3.00. The van der Waals surface area contributed by atoms with Crippen molar-refractivity contribution in [3.05, 3.63) is 35.6 Å². The maximum Gasteiger partial charge on any atom is 0.437 e. The fraction of sp³-hybridized carbons (Fsp3) is 0.438. The minimum Gasteiger partial charge on any atom is -0.354 e. The van der Waals surface area contributed by atoms with E-state index >= 15 is 0 Å². The fourth-order valence-electron chi connectivity index (χ4n) is 3.24. The predicted molar refractivity (Wildman–Crippen MR) is 95.0 cm³/mol. The van der Waals surface area contributed by atoms with Crippen LogP contribution >= 0.6 is 0 Å². The summed E-state index contributed by atoms with van der Waals surface area (Å²) in [5, 5.41) is 9.58. The van der Waals surface area contributed by atoms with Crippen molar-refractivity contribution in [3.8, 4) is 0 Å². The van der Waals surface area contributed by atoms with Gasteiger partial charge in [-0.15, -0.1) is 0 Å². The van der Waals surface area contributed by atoms with Crippen molar-refractivity contribution >= 4 is 17.4 Å². The van der Waals surface area contributed by atoms with Gasteiger partial charge in [-0.1, -0.05) is 0 Å². The molecule has 30 heavy (non-hydrogen) atoms. The normalized spacial score (nSPS) is 19.5. The van der Waals surface area contributed by atoms with Crippen molar-refractivity contribution in [3.63, 3.8) is 0 Å². The molecule has 3 aliphatic heterocycles. The third-order valence-corrected chi connectivity index (χ3v) is 4.68. The summed E-state index contributed by atoms with van der Waals surface area (Å²) < 4.78 is 64.8. The lowest BCUT2D eigenvalue weighted by Crippen LogP contribution is -2.46. The Morgan fingerprint density at radius 3 is 2.63 bits per heavy atom. The maximum atomic E-state index is 13.1. The molecule has 0 aliphatic carbocycles. The topological polar surface area (TPSA) is 89.8 Å². The Morgan fingerprint density at radius 1 is 1.23 bits per heavy atom. The van der Waals surface area contributed by atoms with Crippen LogP contribution in [0.3, 0.4) is 0 Å². The molecule has 1 aromatic rings. The molecule has 4 rings (SSSR count). The van der Waals surface area contributed by atoms with E-state index in [1.807, 2.05) is 10.2 Å². The van der Waals surface area contributed by atoms with Crippen molar-refractivity contribution in [2.75, 3.05) is 38.0 Å². The molecular weight excluding hydrogens is 415 g/mol. The molecule has 162 valence electrons. The van der Waals surface area contributed by atoms with Crippen molar-refractivity contribution in [2.45, 2.75) is 12.7 Å². The van der Waals surface area contributed by atoms with E-state index in [1.165, 1.54) is 5.01 Å². The molecule has 0 bridgehead atoms. The average Bonchev–Trinajstić information content (AvgIpc) is 3.32. The highest BCUT2D eigenvalue weighted by Crippen LogP contribution is 2.35. The summed E-state index contributed by atoms with van der Waals surface area (Å²) >= 11 is 0. The third kappa shape index (κ3) is 3.87. The Bertz CT molecular complexity index is 929. The van der Waals surface area contributed by atoms with Crippen molar-refractivity contribution in [2.24, 2.45) is 4.99 Å². The monoisotopic (exact) mass is 432 g/mol. The van der Waals surface area contributed by atoms with Crippen LogP contribution in [0.4, 0.5) is 27.6 Å². The molecule has 0 radical (unpaired) electrons. The van der Waals surface area contributed by atoms with Crippen molar-refractivity contribution in [1.82, 2.24) is 30.4 Å². The first kappa shape index (κ1) is 20.3. The molecule has 3 N–H and O–H groups in total. The zero-order valence-electron chi connectivity index (χ0n) is 15.4. The number of halogens is 5. The number of anilines is 1. The number of hydrogen-bond donors (Lipinski definition) is 3. The maximum absolute atomic E-state index is 13.1. The lowest BCUT2D eigenvalue weighted by atomic mass is 10.2. The number of aromatic nitrogens is 2. The highest BCUT2D eigenvalue weighted by Gasteiger charge is 2.39. The molecule has 4 heterocycles. The zero-order chi connectivity index (χ0) is 21.5. The molecule has 1 amide bonds. The molecule has 9 nitrogen and oxygen atoms in total. The first-order chi connectivity index (χ1) is 14.2. The summed E-state index contributed by atoms with van der Waals surface area (Å²) in [6.07, 6.45) is -1.14. The van der Waals surface area contributed by atoms with Gasteiger partial charge in [-0.25, -0.2) is 15.1 Å². The lowest BCUT2D eigenvalue weighted by Gasteiger charge is -2.31. The third-order valence-electron chi connectivity index (χ3n) is 4.68. The van der Waals surface area contributed by atoms with Crippen LogP contribution in [-0.2, 0) is 11.0 Å². The second-order valence-electron chi connectivity index (χ2n) is 6.63. The first-order valence-corrected chi connectivity index (χ1v) is 8.98. The van der Waals surface area contributed by atoms with Crippen molar-refractivity contribution in [1.29, 1.82) is 0 Å². The van der Waals surface area contributed by atoms with Crippen LogP contribution < -0.4 is 16.1 Å². The Labute approximate surface area is 166 Å². The quantitative estimate of drug-likeness (QED) is 0.620. The van der Waals surface area contributed by atoms with E-state index in [4.69, 9.17) is 0 Å². The molecule has 0 spiro atoms. The van der Waals surface area contributed by atoms with Crippen molar-refractivity contribution < 1.29 is 26.7 Å². The van der Waals surface area contributed by atoms with Gasteiger partial charge in [0.1, 0.15) is 5.84 Å². The minimum absolute atomic E-state index is 0.00811. The van der Waals surface area contributed by atoms with Gasteiger partial charge in [0, 0.05) is 38.9 Å². The number of nitrogens with zero attached hydrogens (tertiary/aromatic N) is 5. The number of amidine groups is 1. The van der Waals surface area contributed by atoms with Gasteiger partial charge in [0.2, 0.25) is 0 Å². The Balaban J connectivity index is 1.61. The van der Waals surface area contributed by atoms with Crippen LogP contribution in [0.1, 0.15) is 12.2 Å². The smallest absolute Gasteiger partial charge is 0.354 e. The number of hydrogen-bond acceptors (Lipinski definition) is 7. The van der Waals surface area contributed by atoms with E-state index in [0.717, 1.165) is 13.1 Å². The van der Waals surface area contributed by atoms with Crippen LogP contribution in [0.5, 0.6) is 0 Å². The number of fused-ring (bicyclic) bond motifs is 1. The zero-order valence-corrected chi connectivity index (χ0v) is 15.4. The van der Waals surface area contributed by atoms with Gasteiger partial charge < -0.3 is 15.5 Å². The number of amides is 1. The second-order valence-corrected chi connectivity index (χ2v) is 6.63. The summed E-state index contributed by atoms with van der Waals surface area (Å²) in [5.74, 6) is -0.0328. The van der Waals surface area contributed by atoms with Gasteiger partial charge in [-0.3, -0.25) is 9.80 Å². The minimum atomic E-state index is -5.01. The number of aliphatic imine (C=N–C) groups is 1. The summed E-state index contributed by atoms with van der Waals surface area (Å²) in [5.41, 5.74) is 0.503. The number of piperazine rings is 1. The summed E-state index contributed by atoms with van der Waals surface area (Å²) in [6, 6.07) is 0. The van der Waals surface area contributed by atoms with E-state index < -0.39 is 30.0 Å². The van der Waals surface area contributed by atoms with Crippen LogP contribution in [-0.4, -0.2) is 64.2 Å². The molecule has 1 aromatic heterocycles. The molecule has 1 fully saturated rings. The van der Waals surface area contributed by atoms with E-state index in [-0.39, 0.29) is 22.6 Å². The largest absolute Gasteiger partial charge is 0.437 e. The van der Waals surface area contributed by atoms with Gasteiger partial charge in [-0.2, -0.15) is 27.1 Å². The number of hydrazine groups is 1. The van der Waals surface area contributed by atoms with Gasteiger partial charge >= 0.3 is 12.7 Å². The van der Waals surface area contributed by atoms with Gasteiger partial charge in [0.05, 0.1) is 17.5 Å². The summed E-state index contributed by atoms with van der Waals surface area (Å²) in [6.45, 7) is -0.295. The molecule has 1 saturated heterocycles. The number of rotatable bonds is 3. The molecule has 0 unspecified atom stereocenters. The molecule has 0 aromatic carbocycles. The highest BCUT2D eigenvalue weighted by molar-refractivity contribution is 6.06. The molecular formula is C16H17F5N8O. The van der Waals surface area contributed by atoms with Crippen LogP contribution in [0, 0.1) is 0 Å². The number of alkyl halides is 5. The van der Waals surface area contributed by atoms with E-state index in [2.05, 4.69) is 20.8 Å². The molecule has 3 aliphatic rings. The second kappa shape index (κ2) is 7.68. The lowest BCUT2D eigenvalue weighted by molar-refractivity contribution is -0.141. The van der Waals surface area contributed by atoms with Crippen LogP contribution in [0.15, 0.2) is 34.9 Å². The molecule has 14 heteroatoms. The van der Waals surface area contributed by atoms with Gasteiger partial charge in [0.25, 0.3) is 5.91 Å². The number of carbonyl (C=O) groups is 1. The van der Waals surface area contributed by atoms with E-state index in [0.29, 0.717) is 25.1 Å². The van der Waals surface area contributed by atoms with Crippen LogP contribution in [0.2, 0.25) is 0 Å². The predicted octanol–water partition coefficient (Wildman–Crippen LogP) is 1.10. The highest BCUT2D eigenvalue weighted by atomic mass is 19.4. The number of carbonyl (C=O) groups excluding carboxylic acids is 1. The fourth-order valence-corrected chi connectivity index (χ4v) is 3.24. The van der Waals surface area contributed by atoms with Crippen LogP contribution in [0.25, 0.3) is 0 Å². The van der Waals surface area contributed by atoms with Gasteiger partial charge in [-0.05, 0) is 6.08 Å². The van der Waals surface area contributed by atoms with E-state index in [1.54, 1.807) is 12.3 Å². The Kier molecular flexibility index (Phi) is 5.19.